The second-order valence-electron chi connectivity index (χ2n) is 2.53. The Kier molecular flexibility index (Phi) is 1.67. The first-order chi connectivity index (χ1) is 6.24. The Morgan fingerprint density at radius 1 is 1.54 bits per heavy atom. The lowest BCUT2D eigenvalue weighted by atomic mass is 10.1. The van der Waals surface area contributed by atoms with Gasteiger partial charge in [-0.3, -0.25) is 0 Å². The van der Waals surface area contributed by atoms with Crippen molar-refractivity contribution in [1.29, 1.82) is 5.26 Å². The average molecular weight is 193 g/mol. The lowest BCUT2D eigenvalue weighted by Gasteiger charge is -1.98. The smallest absolute Gasteiger partial charge is 0.170 e. The van der Waals surface area contributed by atoms with Gasteiger partial charge in [-0.25, -0.2) is 4.39 Å². The van der Waals surface area contributed by atoms with Crippen molar-refractivity contribution in [2.75, 3.05) is 0 Å². The first-order valence-corrected chi connectivity index (χ1v) is 4.41. The summed E-state index contributed by atoms with van der Waals surface area (Å²) in [5.41, 5.74) is 0.0104. The van der Waals surface area contributed by atoms with Crippen LogP contribution in [0.3, 0.4) is 0 Å². The van der Waals surface area contributed by atoms with Gasteiger partial charge >= 0.3 is 0 Å². The molecule has 0 bridgehead atoms. The molecule has 1 aromatic heterocycles. The number of rotatable bonds is 0. The van der Waals surface area contributed by atoms with Gasteiger partial charge in [0, 0.05) is 10.1 Å². The molecule has 0 aliphatic rings. The number of halogens is 1. The molecule has 0 atom stereocenters. The number of phenols is 1. The highest BCUT2D eigenvalue weighted by atomic mass is 32.1. The SMILES string of the molecule is N#Cc1c(O)c(F)cc2sccc12. The zero-order valence-electron chi connectivity index (χ0n) is 6.41. The molecule has 1 heterocycles. The van der Waals surface area contributed by atoms with Gasteiger partial charge < -0.3 is 5.11 Å². The second kappa shape index (κ2) is 2.71. The average Bonchev–Trinajstić information content (AvgIpc) is 2.54. The Morgan fingerprint density at radius 2 is 2.31 bits per heavy atom. The molecule has 0 amide bonds. The number of benzene rings is 1. The van der Waals surface area contributed by atoms with Crippen LogP contribution in [0.4, 0.5) is 4.39 Å². The first kappa shape index (κ1) is 8.02. The molecule has 2 nitrogen and oxygen atoms in total. The summed E-state index contributed by atoms with van der Waals surface area (Å²) in [6, 6.07) is 4.71. The predicted octanol–water partition coefficient (Wildman–Crippen LogP) is 2.62. The summed E-state index contributed by atoms with van der Waals surface area (Å²) in [6.45, 7) is 0. The lowest BCUT2D eigenvalue weighted by molar-refractivity contribution is 0.432. The third-order valence-electron chi connectivity index (χ3n) is 1.80. The maximum atomic E-state index is 13.0. The van der Waals surface area contributed by atoms with Gasteiger partial charge in [-0.15, -0.1) is 11.3 Å². The molecule has 0 aliphatic carbocycles. The second-order valence-corrected chi connectivity index (χ2v) is 3.47. The molecule has 13 heavy (non-hydrogen) atoms. The van der Waals surface area contributed by atoms with Gasteiger partial charge in [0.2, 0.25) is 0 Å². The molecule has 2 aromatic rings. The summed E-state index contributed by atoms with van der Waals surface area (Å²) in [4.78, 5) is 0. The Hall–Kier alpha value is -1.60. The summed E-state index contributed by atoms with van der Waals surface area (Å²) in [6.07, 6.45) is 0. The molecule has 4 heteroatoms. The lowest BCUT2D eigenvalue weighted by Crippen LogP contribution is -1.82. The van der Waals surface area contributed by atoms with Crippen molar-refractivity contribution in [3.05, 3.63) is 28.9 Å². The van der Waals surface area contributed by atoms with Crippen LogP contribution in [0.25, 0.3) is 10.1 Å². The molecule has 0 fully saturated rings. The van der Waals surface area contributed by atoms with Crippen LogP contribution in [-0.4, -0.2) is 5.11 Å². The van der Waals surface area contributed by atoms with Crippen LogP contribution in [-0.2, 0) is 0 Å². The van der Waals surface area contributed by atoms with E-state index in [2.05, 4.69) is 0 Å². The molecule has 0 radical (unpaired) electrons. The minimum atomic E-state index is -0.744. The Balaban J connectivity index is 2.98. The van der Waals surface area contributed by atoms with Crippen LogP contribution in [0.1, 0.15) is 5.56 Å². The van der Waals surface area contributed by atoms with Gasteiger partial charge in [-0.1, -0.05) is 0 Å². The van der Waals surface area contributed by atoms with Gasteiger partial charge in [0.25, 0.3) is 0 Å². The molecule has 0 saturated carbocycles. The number of phenolic OH excluding ortho intramolecular Hbond substituents is 1. The van der Waals surface area contributed by atoms with Gasteiger partial charge in [-0.2, -0.15) is 5.26 Å². The normalized spacial score (nSPS) is 10.2. The largest absolute Gasteiger partial charge is 0.504 e. The van der Waals surface area contributed by atoms with Crippen molar-refractivity contribution in [3.8, 4) is 11.8 Å². The minimum absolute atomic E-state index is 0.0104. The van der Waals surface area contributed by atoms with Crippen molar-refractivity contribution in [2.24, 2.45) is 0 Å². The van der Waals surface area contributed by atoms with Crippen molar-refractivity contribution in [1.82, 2.24) is 0 Å². The Morgan fingerprint density at radius 3 is 3.00 bits per heavy atom. The summed E-state index contributed by atoms with van der Waals surface area (Å²) < 4.78 is 13.7. The van der Waals surface area contributed by atoms with E-state index in [1.165, 1.54) is 17.4 Å². The molecule has 1 aromatic carbocycles. The van der Waals surface area contributed by atoms with Gasteiger partial charge in [-0.05, 0) is 17.5 Å². The topological polar surface area (TPSA) is 44.0 Å². The predicted molar refractivity (Wildman–Crippen MR) is 48.2 cm³/mol. The number of aromatic hydroxyl groups is 1. The highest BCUT2D eigenvalue weighted by Crippen LogP contribution is 2.32. The number of nitriles is 1. The zero-order chi connectivity index (χ0) is 9.42. The maximum Gasteiger partial charge on any atom is 0.170 e. The standard InChI is InChI=1S/C9H4FNOS/c10-7-3-8-5(1-2-13-8)6(4-11)9(7)12/h1-3,12H. The van der Waals surface area contributed by atoms with Gasteiger partial charge in [0.1, 0.15) is 11.6 Å². The zero-order valence-corrected chi connectivity index (χ0v) is 7.23. The van der Waals surface area contributed by atoms with E-state index < -0.39 is 11.6 Å². The fraction of sp³-hybridized carbons (Fsp3) is 0. The van der Waals surface area contributed by atoms with Gasteiger partial charge in [0.05, 0.1) is 0 Å². The monoisotopic (exact) mass is 193 g/mol. The number of thiophene rings is 1. The quantitative estimate of drug-likeness (QED) is 0.698. The fourth-order valence-corrected chi connectivity index (χ4v) is 2.00. The molecule has 0 saturated heterocycles. The van der Waals surface area contributed by atoms with Crippen molar-refractivity contribution < 1.29 is 9.50 Å². The summed E-state index contributed by atoms with van der Waals surface area (Å²) in [7, 11) is 0. The van der Waals surface area contributed by atoms with E-state index in [0.717, 1.165) is 0 Å². The Labute approximate surface area is 77.5 Å². The molecule has 0 unspecified atom stereocenters. The van der Waals surface area contributed by atoms with Crippen LogP contribution in [0.2, 0.25) is 0 Å². The summed E-state index contributed by atoms with van der Waals surface area (Å²) in [5.74, 6) is -1.31. The fourth-order valence-electron chi connectivity index (χ4n) is 1.18. The molecule has 0 spiro atoms. The van der Waals surface area contributed by atoms with Gasteiger partial charge in [0.15, 0.2) is 11.6 Å². The van der Waals surface area contributed by atoms with E-state index in [1.54, 1.807) is 17.5 Å². The van der Waals surface area contributed by atoms with E-state index >= 15 is 0 Å². The number of hydrogen-bond donors (Lipinski definition) is 1. The summed E-state index contributed by atoms with van der Waals surface area (Å²) >= 11 is 1.34. The highest BCUT2D eigenvalue weighted by molar-refractivity contribution is 7.17. The van der Waals surface area contributed by atoms with Crippen LogP contribution >= 0.6 is 11.3 Å². The maximum absolute atomic E-state index is 13.0. The van der Waals surface area contributed by atoms with Crippen LogP contribution < -0.4 is 0 Å². The Bertz CT molecular complexity index is 512. The molecule has 64 valence electrons. The van der Waals surface area contributed by atoms with E-state index in [4.69, 9.17) is 5.26 Å². The van der Waals surface area contributed by atoms with Crippen LogP contribution in [0.5, 0.6) is 5.75 Å². The number of nitrogens with zero attached hydrogens (tertiary/aromatic N) is 1. The van der Waals surface area contributed by atoms with Crippen molar-refractivity contribution >= 4 is 21.4 Å². The van der Waals surface area contributed by atoms with E-state index in [1.807, 2.05) is 0 Å². The van der Waals surface area contributed by atoms with E-state index in [-0.39, 0.29) is 5.56 Å². The van der Waals surface area contributed by atoms with E-state index in [0.29, 0.717) is 10.1 Å². The molecule has 1 N–H and O–H groups in total. The number of hydrogen-bond acceptors (Lipinski definition) is 3. The van der Waals surface area contributed by atoms with Crippen LogP contribution in [0.15, 0.2) is 17.5 Å². The van der Waals surface area contributed by atoms with Crippen molar-refractivity contribution in [3.63, 3.8) is 0 Å². The third-order valence-corrected chi connectivity index (χ3v) is 2.66. The summed E-state index contributed by atoms with van der Waals surface area (Å²) in [5, 5.41) is 20.3. The highest BCUT2D eigenvalue weighted by Gasteiger charge is 2.12. The molecular formula is C9H4FNOS. The number of fused-ring (bicyclic) bond motifs is 1. The minimum Gasteiger partial charge on any atom is -0.504 e. The third kappa shape index (κ3) is 1.05. The van der Waals surface area contributed by atoms with E-state index in [9.17, 15) is 9.50 Å². The van der Waals surface area contributed by atoms with Crippen LogP contribution in [0, 0.1) is 17.1 Å². The first-order valence-electron chi connectivity index (χ1n) is 3.53. The molecular weight excluding hydrogens is 189 g/mol. The van der Waals surface area contributed by atoms with Crippen molar-refractivity contribution in [2.45, 2.75) is 0 Å². The molecule has 0 aliphatic heterocycles. The molecule has 2 rings (SSSR count).